The molecule has 4 bridgehead atoms. The minimum Gasteiger partial charge on any atom is -0.481 e. The van der Waals surface area contributed by atoms with E-state index in [0.717, 1.165) is 38.3 Å². The fourth-order valence-corrected chi connectivity index (χ4v) is 4.45. The van der Waals surface area contributed by atoms with E-state index in [2.05, 4.69) is 10.6 Å². The van der Waals surface area contributed by atoms with Gasteiger partial charge in [-0.1, -0.05) is 12.1 Å². The summed E-state index contributed by atoms with van der Waals surface area (Å²) in [5, 5.41) is 23.3. The molecule has 2 amide bonds. The molecule has 1 saturated heterocycles. The van der Waals surface area contributed by atoms with Gasteiger partial charge in [0, 0.05) is 25.1 Å². The number of hydrogen-bond acceptors (Lipinski definition) is 7. The number of carbonyl (C=O) groups is 4. The number of carbonyl (C=O) groups excluding carboxylic acids is 2. The van der Waals surface area contributed by atoms with Crippen molar-refractivity contribution in [2.75, 3.05) is 19.6 Å². The van der Waals surface area contributed by atoms with Crippen LogP contribution in [-0.2, 0) is 20.9 Å². The monoisotopic (exact) mass is 525 g/mol. The van der Waals surface area contributed by atoms with Crippen LogP contribution in [0.3, 0.4) is 0 Å². The third kappa shape index (κ3) is 7.30. The van der Waals surface area contributed by atoms with Crippen molar-refractivity contribution in [3.8, 4) is 11.5 Å². The number of piperidine rings is 1. The second kappa shape index (κ2) is 12.1. The highest BCUT2D eigenvalue weighted by Crippen LogP contribution is 2.31. The zero-order valence-electron chi connectivity index (χ0n) is 21.0. The number of fused-ring (bicyclic) bond motifs is 5. The van der Waals surface area contributed by atoms with Crippen LogP contribution in [0, 0.1) is 0 Å². The number of nitrogens with zero attached hydrogens (tertiary/aromatic N) is 1. The Morgan fingerprint density at radius 1 is 1.03 bits per heavy atom. The number of nitrogens with one attached hydrogen (secondary N) is 2. The summed E-state index contributed by atoms with van der Waals surface area (Å²) in [5.74, 6) is -1.89. The van der Waals surface area contributed by atoms with Crippen molar-refractivity contribution in [3.63, 3.8) is 0 Å². The third-order valence-corrected chi connectivity index (χ3v) is 6.33. The van der Waals surface area contributed by atoms with Crippen LogP contribution in [0.4, 0.5) is 0 Å². The first-order valence-corrected chi connectivity index (χ1v) is 12.5. The summed E-state index contributed by atoms with van der Waals surface area (Å²) < 4.78 is 12.1. The first-order valence-electron chi connectivity index (χ1n) is 12.5. The van der Waals surface area contributed by atoms with Crippen molar-refractivity contribution in [1.82, 2.24) is 15.5 Å². The second-order valence-corrected chi connectivity index (χ2v) is 9.50. The van der Waals surface area contributed by atoms with Crippen LogP contribution in [0.1, 0.15) is 52.5 Å². The molecule has 5 rings (SSSR count). The van der Waals surface area contributed by atoms with Gasteiger partial charge in [0.15, 0.2) is 0 Å². The van der Waals surface area contributed by atoms with Crippen molar-refractivity contribution in [1.29, 1.82) is 0 Å². The Bertz CT molecular complexity index is 1210. The summed E-state index contributed by atoms with van der Waals surface area (Å²) >= 11 is 0. The fraction of sp³-hybridized carbons (Fsp3) is 0.407. The van der Waals surface area contributed by atoms with Crippen molar-refractivity contribution in [2.24, 2.45) is 0 Å². The Kier molecular flexibility index (Phi) is 8.59. The predicted molar refractivity (Wildman–Crippen MR) is 135 cm³/mol. The summed E-state index contributed by atoms with van der Waals surface area (Å²) in [4.78, 5) is 48.6. The zero-order chi connectivity index (χ0) is 27.2. The number of aromatic carboxylic acids is 1. The molecule has 2 atom stereocenters. The van der Waals surface area contributed by atoms with E-state index >= 15 is 0 Å². The van der Waals surface area contributed by atoms with E-state index in [-0.39, 0.29) is 53.4 Å². The van der Waals surface area contributed by atoms with E-state index in [0.29, 0.717) is 18.9 Å². The number of carboxylic acid groups (broad SMARTS) is 2. The average Bonchev–Trinajstić information content (AvgIpc) is 3.71. The fourth-order valence-electron chi connectivity index (χ4n) is 4.45. The molecule has 0 spiro atoms. The van der Waals surface area contributed by atoms with Gasteiger partial charge in [0.1, 0.15) is 18.0 Å². The van der Waals surface area contributed by atoms with Gasteiger partial charge in [-0.15, -0.1) is 0 Å². The van der Waals surface area contributed by atoms with Crippen molar-refractivity contribution in [2.45, 2.75) is 51.0 Å². The van der Waals surface area contributed by atoms with Gasteiger partial charge >= 0.3 is 5.97 Å². The van der Waals surface area contributed by atoms with Crippen LogP contribution in [0.5, 0.6) is 11.5 Å². The lowest BCUT2D eigenvalue weighted by atomic mass is 10.0. The molecule has 2 heterocycles. The highest BCUT2D eigenvalue weighted by molar-refractivity contribution is 6.00. The first kappa shape index (κ1) is 27.1. The Hall–Kier alpha value is -3.96. The minimum atomic E-state index is -1.16. The van der Waals surface area contributed by atoms with Crippen molar-refractivity contribution >= 4 is 23.8 Å². The second-order valence-electron chi connectivity index (χ2n) is 9.50. The van der Waals surface area contributed by atoms with Crippen LogP contribution >= 0.6 is 0 Å². The number of carboxylic acids is 2. The van der Waals surface area contributed by atoms with Crippen molar-refractivity contribution in [3.05, 3.63) is 59.2 Å². The van der Waals surface area contributed by atoms with Gasteiger partial charge in [-0.2, -0.15) is 0 Å². The Labute approximate surface area is 219 Å². The molecule has 202 valence electrons. The van der Waals surface area contributed by atoms with Crippen LogP contribution in [0.25, 0.3) is 0 Å². The summed E-state index contributed by atoms with van der Waals surface area (Å²) in [6, 6.07) is 11.3. The first-order chi connectivity index (χ1) is 18.2. The molecule has 1 aliphatic carbocycles. The maximum atomic E-state index is 13.4. The number of aliphatic carboxylic acids is 1. The van der Waals surface area contributed by atoms with Gasteiger partial charge in [-0.3, -0.25) is 14.4 Å². The molecule has 0 unspecified atom stereocenters. The van der Waals surface area contributed by atoms with E-state index in [9.17, 15) is 19.5 Å². The van der Waals surface area contributed by atoms with Gasteiger partial charge in [-0.05, 0) is 61.7 Å². The van der Waals surface area contributed by atoms with E-state index < -0.39 is 11.9 Å². The maximum Gasteiger partial charge on any atom is 0.335 e. The van der Waals surface area contributed by atoms with Crippen LogP contribution in [0.15, 0.2) is 42.5 Å². The molecule has 0 radical (unpaired) electrons. The maximum absolute atomic E-state index is 13.4. The number of hydrogen-bond donors (Lipinski definition) is 4. The highest BCUT2D eigenvalue weighted by Gasteiger charge is 2.36. The van der Waals surface area contributed by atoms with Gasteiger partial charge in [-0.25, -0.2) is 4.79 Å². The summed E-state index contributed by atoms with van der Waals surface area (Å²) in [5.41, 5.74) is 1.01. The lowest BCUT2D eigenvalue weighted by Gasteiger charge is -2.33. The molecule has 0 aromatic heterocycles. The molecular weight excluding hydrogens is 494 g/mol. The molecular formula is C27H31N3O8. The summed E-state index contributed by atoms with van der Waals surface area (Å²) in [6.45, 7) is 2.72. The third-order valence-electron chi connectivity index (χ3n) is 6.33. The smallest absolute Gasteiger partial charge is 0.335 e. The molecule has 2 fully saturated rings. The largest absolute Gasteiger partial charge is 0.481 e. The zero-order valence-corrected chi connectivity index (χ0v) is 21.0. The van der Waals surface area contributed by atoms with Gasteiger partial charge in [0.25, 0.3) is 11.9 Å². The standard InChI is InChI=1S/C25H27N3O6.C2H4O2/c29-23-13-28(18-4-5-18)24(30)16-9-17(25(31)32)11-20(10-16)34-19-3-1-2-15(8-19)14-33-22-6-7-26-12-21(22)27-23;1-2(3)4/h1-3,8-11,18,21-22,26H,4-7,12-14H2,(H,27,29)(H,31,32);1H3,(H,3,4)/t21-,22+;/m1./s1. The molecule has 11 nitrogen and oxygen atoms in total. The Morgan fingerprint density at radius 2 is 1.79 bits per heavy atom. The van der Waals surface area contributed by atoms with Gasteiger partial charge in [0.2, 0.25) is 5.91 Å². The topological polar surface area (TPSA) is 154 Å². The van der Waals surface area contributed by atoms with Crippen LogP contribution in [0.2, 0.25) is 0 Å². The van der Waals surface area contributed by atoms with Gasteiger partial charge in [0.05, 0.1) is 24.3 Å². The van der Waals surface area contributed by atoms with E-state index in [1.54, 1.807) is 6.07 Å². The van der Waals surface area contributed by atoms with Crippen molar-refractivity contribution < 1.29 is 38.9 Å². The Morgan fingerprint density at radius 3 is 2.50 bits per heavy atom. The SMILES string of the molecule is CC(=O)O.O=C1CN(C2CC2)C(=O)c2cc(cc(C(=O)O)c2)Oc2cccc(c2)CO[C@H]2CCNC[C@H]2N1. The van der Waals surface area contributed by atoms with Crippen LogP contribution < -0.4 is 15.4 Å². The van der Waals surface area contributed by atoms with Gasteiger partial charge < -0.3 is 35.2 Å². The molecule has 2 aromatic carbocycles. The van der Waals surface area contributed by atoms with E-state index in [1.165, 1.54) is 23.1 Å². The molecule has 1 saturated carbocycles. The molecule has 38 heavy (non-hydrogen) atoms. The summed E-state index contributed by atoms with van der Waals surface area (Å²) in [6.07, 6.45) is 2.22. The van der Waals surface area contributed by atoms with Crippen LogP contribution in [-0.4, -0.2) is 76.7 Å². The molecule has 3 aliphatic rings. The van der Waals surface area contributed by atoms with E-state index in [4.69, 9.17) is 19.4 Å². The summed E-state index contributed by atoms with van der Waals surface area (Å²) in [7, 11) is 0. The number of amides is 2. The normalized spacial score (nSPS) is 21.7. The molecule has 11 heteroatoms. The van der Waals surface area contributed by atoms with E-state index in [1.807, 2.05) is 18.2 Å². The number of ether oxygens (including phenoxy) is 2. The quantitative estimate of drug-likeness (QED) is 0.462. The average molecular weight is 526 g/mol. The highest BCUT2D eigenvalue weighted by atomic mass is 16.5. The predicted octanol–water partition coefficient (Wildman–Crippen LogP) is 2.25. The lowest BCUT2D eigenvalue weighted by Crippen LogP contribution is -2.56. The molecule has 2 aromatic rings. The lowest BCUT2D eigenvalue weighted by molar-refractivity contribution is -0.134. The minimum absolute atomic E-state index is 0.0387. The molecule has 2 aliphatic heterocycles. The Balaban J connectivity index is 0.000000786. The number of rotatable bonds is 2. The molecule has 4 N–H and O–H groups in total. The number of benzene rings is 2.